The zero-order valence-electron chi connectivity index (χ0n) is 10.7. The Hall–Kier alpha value is -1.25. The number of aliphatic hydroxyl groups is 1. The van der Waals surface area contributed by atoms with E-state index in [-0.39, 0.29) is 5.25 Å². The molecule has 0 unspecified atom stereocenters. The first-order valence-corrected chi connectivity index (χ1v) is 6.94. The van der Waals surface area contributed by atoms with Gasteiger partial charge in [-0.15, -0.1) is 11.8 Å². The SMILES string of the molecule is CC(C)(O)[C@H](Sc1ccccc1)c1ccccc1. The van der Waals surface area contributed by atoms with Gasteiger partial charge in [-0.25, -0.2) is 0 Å². The molecule has 2 rings (SSSR count). The summed E-state index contributed by atoms with van der Waals surface area (Å²) in [5, 5.41) is 10.4. The number of benzene rings is 2. The van der Waals surface area contributed by atoms with E-state index >= 15 is 0 Å². The topological polar surface area (TPSA) is 20.2 Å². The van der Waals surface area contributed by atoms with Crippen LogP contribution in [-0.4, -0.2) is 10.7 Å². The molecule has 0 aliphatic heterocycles. The highest BCUT2D eigenvalue weighted by molar-refractivity contribution is 7.99. The van der Waals surface area contributed by atoms with E-state index < -0.39 is 5.60 Å². The average Bonchev–Trinajstić information content (AvgIpc) is 2.37. The fraction of sp³-hybridized carbons (Fsp3) is 0.250. The molecule has 0 saturated heterocycles. The van der Waals surface area contributed by atoms with Crippen molar-refractivity contribution in [1.82, 2.24) is 0 Å². The van der Waals surface area contributed by atoms with Crippen molar-refractivity contribution in [3.05, 3.63) is 66.2 Å². The lowest BCUT2D eigenvalue weighted by Gasteiger charge is -2.29. The maximum Gasteiger partial charge on any atom is 0.0754 e. The Morgan fingerprint density at radius 1 is 0.889 bits per heavy atom. The molecule has 0 aromatic heterocycles. The summed E-state index contributed by atoms with van der Waals surface area (Å²) in [6.07, 6.45) is 0. The van der Waals surface area contributed by atoms with Gasteiger partial charge in [0.15, 0.2) is 0 Å². The Bertz CT molecular complexity index is 473. The summed E-state index contributed by atoms with van der Waals surface area (Å²) < 4.78 is 0. The maximum absolute atomic E-state index is 10.4. The third-order valence-corrected chi connectivity index (χ3v) is 4.37. The molecule has 0 aliphatic carbocycles. The van der Waals surface area contributed by atoms with E-state index in [1.807, 2.05) is 50.2 Å². The molecule has 2 aromatic carbocycles. The van der Waals surface area contributed by atoms with E-state index in [0.717, 1.165) is 5.56 Å². The van der Waals surface area contributed by atoms with Crippen molar-refractivity contribution in [1.29, 1.82) is 0 Å². The van der Waals surface area contributed by atoms with Crippen LogP contribution >= 0.6 is 11.8 Å². The van der Waals surface area contributed by atoms with Crippen LogP contribution in [0, 0.1) is 0 Å². The molecule has 0 bridgehead atoms. The molecule has 1 N–H and O–H groups in total. The molecule has 0 radical (unpaired) electrons. The number of thioether (sulfide) groups is 1. The highest BCUT2D eigenvalue weighted by atomic mass is 32.2. The first-order chi connectivity index (χ1) is 8.57. The third-order valence-electron chi connectivity index (χ3n) is 2.74. The molecular formula is C16H18OS. The van der Waals surface area contributed by atoms with Gasteiger partial charge in [0.05, 0.1) is 10.9 Å². The van der Waals surface area contributed by atoms with E-state index in [2.05, 4.69) is 24.3 Å². The van der Waals surface area contributed by atoms with Crippen LogP contribution in [0.15, 0.2) is 65.6 Å². The molecule has 0 spiro atoms. The first-order valence-electron chi connectivity index (χ1n) is 6.06. The molecule has 18 heavy (non-hydrogen) atoms. The number of hydrogen-bond acceptors (Lipinski definition) is 2. The summed E-state index contributed by atoms with van der Waals surface area (Å²) in [6, 6.07) is 20.4. The van der Waals surface area contributed by atoms with E-state index in [1.165, 1.54) is 4.90 Å². The summed E-state index contributed by atoms with van der Waals surface area (Å²) in [5.74, 6) is 0. The van der Waals surface area contributed by atoms with E-state index in [9.17, 15) is 5.11 Å². The van der Waals surface area contributed by atoms with Gasteiger partial charge in [-0.3, -0.25) is 0 Å². The molecule has 1 nitrogen and oxygen atoms in total. The second-order valence-corrected chi connectivity index (χ2v) is 6.05. The van der Waals surface area contributed by atoms with Crippen LogP contribution in [0.5, 0.6) is 0 Å². The second kappa shape index (κ2) is 5.59. The van der Waals surface area contributed by atoms with Gasteiger partial charge in [-0.2, -0.15) is 0 Å². The highest BCUT2D eigenvalue weighted by Crippen LogP contribution is 2.42. The van der Waals surface area contributed by atoms with Crippen LogP contribution < -0.4 is 0 Å². The minimum atomic E-state index is -0.762. The fourth-order valence-electron chi connectivity index (χ4n) is 1.88. The van der Waals surface area contributed by atoms with Gasteiger partial charge in [0.25, 0.3) is 0 Å². The smallest absolute Gasteiger partial charge is 0.0754 e. The lowest BCUT2D eigenvalue weighted by molar-refractivity contribution is 0.0776. The van der Waals surface area contributed by atoms with Crippen LogP contribution in [0.4, 0.5) is 0 Å². The molecule has 0 aliphatic rings. The summed E-state index contributed by atoms with van der Waals surface area (Å²) in [7, 11) is 0. The van der Waals surface area contributed by atoms with Crippen molar-refractivity contribution in [2.75, 3.05) is 0 Å². The summed E-state index contributed by atoms with van der Waals surface area (Å²) in [6.45, 7) is 3.72. The molecule has 0 heterocycles. The standard InChI is InChI=1S/C16H18OS/c1-16(2,17)15(13-9-5-3-6-10-13)18-14-11-7-4-8-12-14/h3-12,15,17H,1-2H3/t15-/m1/s1. The van der Waals surface area contributed by atoms with E-state index in [4.69, 9.17) is 0 Å². The molecule has 0 saturated carbocycles. The maximum atomic E-state index is 10.4. The van der Waals surface area contributed by atoms with Crippen LogP contribution in [0.1, 0.15) is 24.7 Å². The summed E-state index contributed by atoms with van der Waals surface area (Å²) >= 11 is 1.70. The Labute approximate surface area is 113 Å². The van der Waals surface area contributed by atoms with Gasteiger partial charge in [0.2, 0.25) is 0 Å². The first kappa shape index (κ1) is 13.2. The molecule has 0 amide bonds. The minimum absolute atomic E-state index is 0.0288. The molecule has 2 heteroatoms. The van der Waals surface area contributed by atoms with Crippen LogP contribution in [-0.2, 0) is 0 Å². The monoisotopic (exact) mass is 258 g/mol. The van der Waals surface area contributed by atoms with Crippen LogP contribution in [0.2, 0.25) is 0 Å². The van der Waals surface area contributed by atoms with Crippen molar-refractivity contribution in [2.45, 2.75) is 29.6 Å². The van der Waals surface area contributed by atoms with Gasteiger partial charge in [-0.05, 0) is 31.5 Å². The summed E-state index contributed by atoms with van der Waals surface area (Å²) in [5.41, 5.74) is 0.390. The van der Waals surface area contributed by atoms with Crippen LogP contribution in [0.3, 0.4) is 0 Å². The Morgan fingerprint density at radius 2 is 1.39 bits per heavy atom. The third kappa shape index (κ3) is 3.37. The predicted octanol–water partition coefficient (Wildman–Crippen LogP) is 4.29. The van der Waals surface area contributed by atoms with Crippen molar-refractivity contribution in [3.63, 3.8) is 0 Å². The second-order valence-electron chi connectivity index (χ2n) is 4.88. The number of rotatable bonds is 4. The van der Waals surface area contributed by atoms with Crippen molar-refractivity contribution in [3.8, 4) is 0 Å². The molecule has 0 fully saturated rings. The van der Waals surface area contributed by atoms with Gasteiger partial charge in [-0.1, -0.05) is 48.5 Å². The van der Waals surface area contributed by atoms with Crippen molar-refractivity contribution >= 4 is 11.8 Å². The Kier molecular flexibility index (Phi) is 4.10. The predicted molar refractivity (Wildman–Crippen MR) is 77.8 cm³/mol. The fourth-order valence-corrected chi connectivity index (χ4v) is 3.05. The van der Waals surface area contributed by atoms with Gasteiger partial charge < -0.3 is 5.11 Å². The van der Waals surface area contributed by atoms with Crippen molar-refractivity contribution < 1.29 is 5.11 Å². The molecular weight excluding hydrogens is 240 g/mol. The Balaban J connectivity index is 2.28. The van der Waals surface area contributed by atoms with E-state index in [0.29, 0.717) is 0 Å². The molecule has 94 valence electrons. The van der Waals surface area contributed by atoms with Crippen LogP contribution in [0.25, 0.3) is 0 Å². The largest absolute Gasteiger partial charge is 0.389 e. The quantitative estimate of drug-likeness (QED) is 0.825. The molecule has 1 atom stereocenters. The average molecular weight is 258 g/mol. The van der Waals surface area contributed by atoms with E-state index in [1.54, 1.807) is 11.8 Å². The number of hydrogen-bond donors (Lipinski definition) is 1. The van der Waals surface area contributed by atoms with Crippen molar-refractivity contribution in [2.24, 2.45) is 0 Å². The van der Waals surface area contributed by atoms with Gasteiger partial charge in [0, 0.05) is 4.90 Å². The zero-order chi connectivity index (χ0) is 13.0. The summed E-state index contributed by atoms with van der Waals surface area (Å²) in [4.78, 5) is 1.17. The normalized spacial score (nSPS) is 13.3. The van der Waals surface area contributed by atoms with Gasteiger partial charge in [0.1, 0.15) is 0 Å². The lowest BCUT2D eigenvalue weighted by Crippen LogP contribution is -2.26. The molecule has 2 aromatic rings. The van der Waals surface area contributed by atoms with Gasteiger partial charge >= 0.3 is 0 Å². The highest BCUT2D eigenvalue weighted by Gasteiger charge is 2.29. The lowest BCUT2D eigenvalue weighted by atomic mass is 9.98. The minimum Gasteiger partial charge on any atom is -0.389 e. The Morgan fingerprint density at radius 3 is 1.89 bits per heavy atom. The zero-order valence-corrected chi connectivity index (χ0v) is 11.5.